The highest BCUT2D eigenvalue weighted by Crippen LogP contribution is 2.32. The van der Waals surface area contributed by atoms with Gasteiger partial charge in [0.15, 0.2) is 0 Å². The van der Waals surface area contributed by atoms with Crippen molar-refractivity contribution in [2.24, 2.45) is 0 Å². The van der Waals surface area contributed by atoms with Crippen LogP contribution in [-0.4, -0.2) is 25.4 Å². The molecule has 1 saturated carbocycles. The van der Waals surface area contributed by atoms with E-state index in [1.807, 2.05) is 6.07 Å². The molecule has 1 aromatic carbocycles. The normalized spacial score (nSPS) is 23.3. The fraction of sp³-hybridized carbons (Fsp3) is 0.571. The van der Waals surface area contributed by atoms with Crippen LogP contribution in [0.2, 0.25) is 0 Å². The zero-order valence-electron chi connectivity index (χ0n) is 10.3. The molecule has 1 unspecified atom stereocenters. The summed E-state index contributed by atoms with van der Waals surface area (Å²) in [7, 11) is 0. The first kappa shape index (κ1) is 12.5. The van der Waals surface area contributed by atoms with Crippen molar-refractivity contribution in [2.75, 3.05) is 13.2 Å². The molecule has 1 heterocycles. The monoisotopic (exact) mass is 311 g/mol. The zero-order chi connectivity index (χ0) is 12.4. The van der Waals surface area contributed by atoms with Gasteiger partial charge in [0.2, 0.25) is 0 Å². The summed E-state index contributed by atoms with van der Waals surface area (Å²) in [6.45, 7) is 2.40. The van der Waals surface area contributed by atoms with Gasteiger partial charge in [-0.25, -0.2) is 0 Å². The lowest BCUT2D eigenvalue weighted by molar-refractivity contribution is 0.140. The number of hydrogen-bond acceptors (Lipinski definition) is 3. The molecule has 3 rings (SSSR count). The Hall–Kier alpha value is -0.580. The average Bonchev–Trinajstić information content (AvgIpc) is 3.06. The van der Waals surface area contributed by atoms with E-state index in [9.17, 15) is 0 Å². The highest BCUT2D eigenvalue weighted by molar-refractivity contribution is 9.10. The van der Waals surface area contributed by atoms with Crippen LogP contribution in [0.15, 0.2) is 22.7 Å². The van der Waals surface area contributed by atoms with Gasteiger partial charge in [0, 0.05) is 24.6 Å². The Bertz CT molecular complexity index is 414. The van der Waals surface area contributed by atoms with Crippen molar-refractivity contribution in [1.82, 2.24) is 5.32 Å². The SMILES string of the molecule is Brc1cccc(CNC2CC2)c1OC1CCOC1. The maximum Gasteiger partial charge on any atom is 0.138 e. The van der Waals surface area contributed by atoms with Gasteiger partial charge in [-0.2, -0.15) is 0 Å². The number of nitrogens with one attached hydrogen (secondary N) is 1. The van der Waals surface area contributed by atoms with E-state index in [1.54, 1.807) is 0 Å². The second-order valence-corrected chi connectivity index (χ2v) is 5.84. The van der Waals surface area contributed by atoms with Gasteiger partial charge in [0.1, 0.15) is 11.9 Å². The predicted molar refractivity (Wildman–Crippen MR) is 73.9 cm³/mol. The first-order valence-electron chi connectivity index (χ1n) is 6.58. The molecule has 0 amide bonds. The number of halogens is 1. The summed E-state index contributed by atoms with van der Waals surface area (Å²) >= 11 is 3.58. The molecule has 1 N–H and O–H groups in total. The first-order chi connectivity index (χ1) is 8.83. The molecule has 0 aromatic heterocycles. The largest absolute Gasteiger partial charge is 0.486 e. The van der Waals surface area contributed by atoms with E-state index in [2.05, 4.69) is 33.4 Å². The maximum absolute atomic E-state index is 6.08. The standard InChI is InChI=1S/C14H18BrNO2/c15-13-3-1-2-10(8-16-11-4-5-11)14(13)18-12-6-7-17-9-12/h1-3,11-12,16H,4-9H2. The van der Waals surface area contributed by atoms with Gasteiger partial charge in [-0.3, -0.25) is 0 Å². The molecule has 4 heteroatoms. The molecule has 1 aliphatic heterocycles. The number of para-hydroxylation sites is 1. The second kappa shape index (κ2) is 5.59. The van der Waals surface area contributed by atoms with E-state index >= 15 is 0 Å². The molecule has 0 spiro atoms. The fourth-order valence-corrected chi connectivity index (χ4v) is 2.64. The van der Waals surface area contributed by atoms with E-state index < -0.39 is 0 Å². The highest BCUT2D eigenvalue weighted by Gasteiger charge is 2.23. The van der Waals surface area contributed by atoms with Gasteiger partial charge in [-0.05, 0) is 34.8 Å². The zero-order valence-corrected chi connectivity index (χ0v) is 11.9. The minimum absolute atomic E-state index is 0.198. The summed E-state index contributed by atoms with van der Waals surface area (Å²) < 4.78 is 12.5. The van der Waals surface area contributed by atoms with Crippen LogP contribution in [0, 0.1) is 0 Å². The third-order valence-electron chi connectivity index (χ3n) is 3.38. The molecule has 1 aromatic rings. The fourth-order valence-electron chi connectivity index (χ4n) is 2.14. The molecule has 0 radical (unpaired) electrons. The Labute approximate surface area is 116 Å². The summed E-state index contributed by atoms with van der Waals surface area (Å²) in [5.41, 5.74) is 1.23. The number of rotatable bonds is 5. The van der Waals surface area contributed by atoms with Crippen molar-refractivity contribution in [1.29, 1.82) is 0 Å². The Kier molecular flexibility index (Phi) is 3.87. The van der Waals surface area contributed by atoms with Crippen LogP contribution in [0.5, 0.6) is 5.75 Å². The Morgan fingerprint density at radius 1 is 1.33 bits per heavy atom. The van der Waals surface area contributed by atoms with Crippen LogP contribution in [0.25, 0.3) is 0 Å². The Balaban J connectivity index is 1.71. The third kappa shape index (κ3) is 3.05. The minimum Gasteiger partial charge on any atom is -0.486 e. The van der Waals surface area contributed by atoms with E-state index in [0.717, 1.165) is 29.8 Å². The van der Waals surface area contributed by atoms with E-state index in [-0.39, 0.29) is 6.10 Å². The molecule has 1 aliphatic carbocycles. The van der Waals surface area contributed by atoms with Crippen molar-refractivity contribution in [3.63, 3.8) is 0 Å². The van der Waals surface area contributed by atoms with Gasteiger partial charge in [0.25, 0.3) is 0 Å². The van der Waals surface area contributed by atoms with Crippen LogP contribution in [-0.2, 0) is 11.3 Å². The molecule has 98 valence electrons. The lowest BCUT2D eigenvalue weighted by Gasteiger charge is -2.17. The number of hydrogen-bond donors (Lipinski definition) is 1. The van der Waals surface area contributed by atoms with Gasteiger partial charge >= 0.3 is 0 Å². The summed E-state index contributed by atoms with van der Waals surface area (Å²) in [6.07, 6.45) is 3.79. The number of ether oxygens (including phenoxy) is 2. The molecular formula is C14H18BrNO2. The molecule has 2 fully saturated rings. The molecule has 1 atom stereocenters. The van der Waals surface area contributed by atoms with Gasteiger partial charge in [-0.1, -0.05) is 12.1 Å². The van der Waals surface area contributed by atoms with Gasteiger partial charge in [0.05, 0.1) is 17.7 Å². The van der Waals surface area contributed by atoms with E-state index in [4.69, 9.17) is 9.47 Å². The molecule has 18 heavy (non-hydrogen) atoms. The van der Waals surface area contributed by atoms with Gasteiger partial charge < -0.3 is 14.8 Å². The van der Waals surface area contributed by atoms with Crippen molar-refractivity contribution in [3.05, 3.63) is 28.2 Å². The summed E-state index contributed by atoms with van der Waals surface area (Å²) in [6, 6.07) is 6.94. The lowest BCUT2D eigenvalue weighted by atomic mass is 10.2. The van der Waals surface area contributed by atoms with Gasteiger partial charge in [-0.15, -0.1) is 0 Å². The van der Waals surface area contributed by atoms with Crippen LogP contribution < -0.4 is 10.1 Å². The summed E-state index contributed by atoms with van der Waals surface area (Å²) in [5, 5.41) is 3.53. The molecular weight excluding hydrogens is 294 g/mol. The summed E-state index contributed by atoms with van der Waals surface area (Å²) in [5.74, 6) is 0.973. The van der Waals surface area contributed by atoms with Crippen LogP contribution >= 0.6 is 15.9 Å². The average molecular weight is 312 g/mol. The van der Waals surface area contributed by atoms with Crippen molar-refractivity contribution in [2.45, 2.75) is 38.0 Å². The Morgan fingerprint density at radius 3 is 2.94 bits per heavy atom. The smallest absolute Gasteiger partial charge is 0.138 e. The third-order valence-corrected chi connectivity index (χ3v) is 4.00. The van der Waals surface area contributed by atoms with Crippen molar-refractivity contribution >= 4 is 15.9 Å². The Morgan fingerprint density at radius 2 is 2.22 bits per heavy atom. The maximum atomic E-state index is 6.08. The van der Waals surface area contributed by atoms with Crippen LogP contribution in [0.1, 0.15) is 24.8 Å². The predicted octanol–water partition coefficient (Wildman–Crippen LogP) is 2.87. The first-order valence-corrected chi connectivity index (χ1v) is 7.37. The van der Waals surface area contributed by atoms with Crippen LogP contribution in [0.3, 0.4) is 0 Å². The quantitative estimate of drug-likeness (QED) is 0.907. The van der Waals surface area contributed by atoms with E-state index in [1.165, 1.54) is 18.4 Å². The van der Waals surface area contributed by atoms with Crippen molar-refractivity contribution in [3.8, 4) is 5.75 Å². The van der Waals surface area contributed by atoms with Crippen molar-refractivity contribution < 1.29 is 9.47 Å². The van der Waals surface area contributed by atoms with Crippen LogP contribution in [0.4, 0.5) is 0 Å². The highest BCUT2D eigenvalue weighted by atomic mass is 79.9. The molecule has 1 saturated heterocycles. The topological polar surface area (TPSA) is 30.5 Å². The molecule has 2 aliphatic rings. The van der Waals surface area contributed by atoms with E-state index in [0.29, 0.717) is 12.6 Å². The number of benzene rings is 1. The lowest BCUT2D eigenvalue weighted by Crippen LogP contribution is -2.20. The molecule has 3 nitrogen and oxygen atoms in total. The minimum atomic E-state index is 0.198. The molecule has 0 bridgehead atoms. The summed E-state index contributed by atoms with van der Waals surface area (Å²) in [4.78, 5) is 0. The second-order valence-electron chi connectivity index (χ2n) is 4.99.